The van der Waals surface area contributed by atoms with Gasteiger partial charge in [-0.1, -0.05) is 6.92 Å². The molecule has 2 aromatic rings. The largest absolute Gasteiger partial charge is 0.383 e. The van der Waals surface area contributed by atoms with E-state index in [4.69, 9.17) is 5.73 Å². The van der Waals surface area contributed by atoms with Gasteiger partial charge in [-0.25, -0.2) is 15.0 Å². The summed E-state index contributed by atoms with van der Waals surface area (Å²) in [4.78, 5) is 27.0. The fraction of sp³-hybridized carbons (Fsp3) is 0.333. The van der Waals surface area contributed by atoms with E-state index in [0.717, 1.165) is 10.6 Å². The summed E-state index contributed by atoms with van der Waals surface area (Å²) in [6.45, 7) is 5.59. The molecule has 2 rings (SSSR count). The molecule has 0 saturated heterocycles. The predicted octanol–water partition coefficient (Wildman–Crippen LogP) is 1.47. The number of nitrogens with zero attached hydrogens (tertiary/aromatic N) is 3. The smallest absolute Gasteiger partial charge is 0.251 e. The molecule has 0 aromatic carbocycles. The Morgan fingerprint density at radius 3 is 2.68 bits per heavy atom. The molecule has 0 bridgehead atoms. The highest BCUT2D eigenvalue weighted by molar-refractivity contribution is 7.99. The SMILES string of the molecule is CCc1nc(N)c(C)c(Sc2nc(C)cc(=O)[nH]2)n1. The number of nitrogen functional groups attached to an aromatic ring is 1. The Balaban J connectivity index is 2.42. The third-order valence-electron chi connectivity index (χ3n) is 2.54. The van der Waals surface area contributed by atoms with Crippen LogP contribution < -0.4 is 11.3 Å². The van der Waals surface area contributed by atoms with E-state index in [-0.39, 0.29) is 5.56 Å². The van der Waals surface area contributed by atoms with Gasteiger partial charge in [0, 0.05) is 23.7 Å². The topological polar surface area (TPSA) is 97.5 Å². The van der Waals surface area contributed by atoms with Crippen molar-refractivity contribution in [2.75, 3.05) is 5.73 Å². The quantitative estimate of drug-likeness (QED) is 0.651. The highest BCUT2D eigenvalue weighted by atomic mass is 32.2. The van der Waals surface area contributed by atoms with Crippen LogP contribution in [-0.4, -0.2) is 19.9 Å². The van der Waals surface area contributed by atoms with Crippen LogP contribution in [-0.2, 0) is 6.42 Å². The van der Waals surface area contributed by atoms with Crippen LogP contribution >= 0.6 is 11.8 Å². The lowest BCUT2D eigenvalue weighted by atomic mass is 10.3. The number of rotatable bonds is 3. The Bertz CT molecular complexity index is 668. The zero-order valence-corrected chi connectivity index (χ0v) is 11.8. The van der Waals surface area contributed by atoms with Crippen LogP contribution in [0.4, 0.5) is 5.82 Å². The summed E-state index contributed by atoms with van der Waals surface area (Å²) in [7, 11) is 0. The first-order valence-electron chi connectivity index (χ1n) is 5.88. The lowest BCUT2D eigenvalue weighted by molar-refractivity contribution is 0.864. The molecule has 0 amide bonds. The lowest BCUT2D eigenvalue weighted by Gasteiger charge is -2.08. The second kappa shape index (κ2) is 5.40. The minimum absolute atomic E-state index is 0.176. The van der Waals surface area contributed by atoms with Crippen LogP contribution in [0.3, 0.4) is 0 Å². The zero-order valence-electron chi connectivity index (χ0n) is 11.0. The van der Waals surface area contributed by atoms with Gasteiger partial charge in [0.2, 0.25) is 0 Å². The van der Waals surface area contributed by atoms with Crippen molar-refractivity contribution in [1.29, 1.82) is 0 Å². The van der Waals surface area contributed by atoms with Crippen LogP contribution in [0.15, 0.2) is 21.0 Å². The summed E-state index contributed by atoms with van der Waals surface area (Å²) in [5.41, 5.74) is 7.14. The Hall–Kier alpha value is -1.89. The number of aryl methyl sites for hydroxylation is 2. The molecule has 6 nitrogen and oxygen atoms in total. The third-order valence-corrected chi connectivity index (χ3v) is 3.52. The van der Waals surface area contributed by atoms with Crippen molar-refractivity contribution in [2.45, 2.75) is 37.4 Å². The zero-order chi connectivity index (χ0) is 14.0. The Morgan fingerprint density at radius 1 is 1.32 bits per heavy atom. The number of hydrogen-bond acceptors (Lipinski definition) is 6. The van der Waals surface area contributed by atoms with Gasteiger partial charge in [0.25, 0.3) is 5.56 Å². The molecule has 0 spiro atoms. The van der Waals surface area contributed by atoms with Crippen LogP contribution in [0.1, 0.15) is 24.0 Å². The molecule has 0 unspecified atom stereocenters. The summed E-state index contributed by atoms with van der Waals surface area (Å²) in [6.07, 6.45) is 0.704. The number of anilines is 1. The highest BCUT2D eigenvalue weighted by Gasteiger charge is 2.11. The van der Waals surface area contributed by atoms with Gasteiger partial charge in [-0.2, -0.15) is 0 Å². The number of H-pyrrole nitrogens is 1. The van der Waals surface area contributed by atoms with Crippen LogP contribution in [0.5, 0.6) is 0 Å². The second-order valence-electron chi connectivity index (χ2n) is 4.10. The van der Waals surface area contributed by atoms with Gasteiger partial charge in [-0.15, -0.1) is 0 Å². The summed E-state index contributed by atoms with van der Waals surface area (Å²) >= 11 is 1.29. The van der Waals surface area contributed by atoms with Crippen LogP contribution in [0.25, 0.3) is 0 Å². The van der Waals surface area contributed by atoms with Crippen molar-refractivity contribution in [2.24, 2.45) is 0 Å². The fourth-order valence-corrected chi connectivity index (χ4v) is 2.44. The van der Waals surface area contributed by atoms with Crippen molar-refractivity contribution >= 4 is 17.6 Å². The van der Waals surface area contributed by atoms with E-state index < -0.39 is 0 Å². The van der Waals surface area contributed by atoms with Crippen molar-refractivity contribution in [3.63, 3.8) is 0 Å². The summed E-state index contributed by atoms with van der Waals surface area (Å²) in [5.74, 6) is 1.14. The van der Waals surface area contributed by atoms with Gasteiger partial charge in [0.15, 0.2) is 5.16 Å². The first-order chi connectivity index (χ1) is 8.99. The monoisotopic (exact) mass is 277 g/mol. The van der Waals surface area contributed by atoms with E-state index in [0.29, 0.717) is 28.9 Å². The van der Waals surface area contributed by atoms with E-state index in [9.17, 15) is 4.79 Å². The van der Waals surface area contributed by atoms with E-state index in [2.05, 4.69) is 19.9 Å². The molecule has 100 valence electrons. The maximum absolute atomic E-state index is 11.4. The molecule has 2 heterocycles. The fourth-order valence-electron chi connectivity index (χ4n) is 1.51. The van der Waals surface area contributed by atoms with Crippen molar-refractivity contribution in [1.82, 2.24) is 19.9 Å². The molecule has 7 heteroatoms. The molecule has 0 saturated carbocycles. The van der Waals surface area contributed by atoms with Crippen LogP contribution in [0.2, 0.25) is 0 Å². The van der Waals surface area contributed by atoms with Gasteiger partial charge >= 0.3 is 0 Å². The number of nitrogens with two attached hydrogens (primary N) is 1. The predicted molar refractivity (Wildman–Crippen MR) is 74.3 cm³/mol. The third kappa shape index (κ3) is 3.11. The van der Waals surface area contributed by atoms with Crippen molar-refractivity contribution in [3.8, 4) is 0 Å². The Morgan fingerprint density at radius 2 is 2.05 bits per heavy atom. The average Bonchev–Trinajstić information content (AvgIpc) is 2.33. The first-order valence-corrected chi connectivity index (χ1v) is 6.70. The maximum Gasteiger partial charge on any atom is 0.251 e. The van der Waals surface area contributed by atoms with E-state index >= 15 is 0 Å². The summed E-state index contributed by atoms with van der Waals surface area (Å²) < 4.78 is 0. The lowest BCUT2D eigenvalue weighted by Crippen LogP contribution is -2.09. The summed E-state index contributed by atoms with van der Waals surface area (Å²) in [5, 5.41) is 1.23. The average molecular weight is 277 g/mol. The molecule has 3 N–H and O–H groups in total. The van der Waals surface area contributed by atoms with Gasteiger partial charge < -0.3 is 10.7 Å². The molecule has 0 aliphatic rings. The highest BCUT2D eigenvalue weighted by Crippen LogP contribution is 2.27. The molecule has 0 fully saturated rings. The summed E-state index contributed by atoms with van der Waals surface area (Å²) in [6, 6.07) is 1.45. The van der Waals surface area contributed by atoms with Crippen molar-refractivity contribution in [3.05, 3.63) is 33.5 Å². The van der Waals surface area contributed by atoms with Gasteiger partial charge in [-0.05, 0) is 25.6 Å². The van der Waals surface area contributed by atoms with Gasteiger partial charge in [0.1, 0.15) is 16.7 Å². The Kier molecular flexibility index (Phi) is 3.84. The molecule has 0 radical (unpaired) electrons. The number of nitrogens with one attached hydrogen (secondary N) is 1. The van der Waals surface area contributed by atoms with Crippen LogP contribution in [0, 0.1) is 13.8 Å². The normalized spacial score (nSPS) is 10.7. The second-order valence-corrected chi connectivity index (χ2v) is 5.08. The minimum Gasteiger partial charge on any atom is -0.383 e. The molecule has 0 aliphatic carbocycles. The number of aromatic amines is 1. The van der Waals surface area contributed by atoms with Gasteiger partial charge in [-0.3, -0.25) is 4.79 Å². The van der Waals surface area contributed by atoms with Gasteiger partial charge in [0.05, 0.1) is 0 Å². The first kappa shape index (κ1) is 13.5. The number of aromatic nitrogens is 4. The standard InChI is InChI=1S/C12H15N5OS/c1-4-8-15-10(13)7(3)11(16-8)19-12-14-6(2)5-9(18)17-12/h5H,4H2,1-3H3,(H2,13,15,16)(H,14,17,18). The van der Waals surface area contributed by atoms with E-state index in [1.54, 1.807) is 6.92 Å². The van der Waals surface area contributed by atoms with E-state index in [1.807, 2.05) is 13.8 Å². The molecular weight excluding hydrogens is 262 g/mol. The molecule has 2 aromatic heterocycles. The Labute approximate surface area is 114 Å². The van der Waals surface area contributed by atoms with Crippen molar-refractivity contribution < 1.29 is 0 Å². The minimum atomic E-state index is -0.176. The molecule has 0 atom stereocenters. The number of hydrogen-bond donors (Lipinski definition) is 2. The van der Waals surface area contributed by atoms with E-state index in [1.165, 1.54) is 17.8 Å². The molecule has 19 heavy (non-hydrogen) atoms. The molecular formula is C12H15N5OS. The maximum atomic E-state index is 11.4. The molecule has 0 aliphatic heterocycles.